The lowest BCUT2D eigenvalue weighted by Crippen LogP contribution is -2.48. The summed E-state index contributed by atoms with van der Waals surface area (Å²) >= 11 is 5.90. The Bertz CT molecular complexity index is 1330. The van der Waals surface area contributed by atoms with Gasteiger partial charge in [0.05, 0.1) is 16.8 Å². The molecule has 3 aliphatic rings. The molecule has 0 radical (unpaired) electrons. The van der Waals surface area contributed by atoms with E-state index >= 15 is 0 Å². The van der Waals surface area contributed by atoms with E-state index in [-0.39, 0.29) is 29.9 Å². The SMILES string of the molecule is O=C(OCCC(C1=CCC(F)=CC=C1F)S(=O)(=O)c1ccc(Cl)cc1)N1CCN(C2=CC=CCC=N2)CC1. The molecule has 0 aromatic heterocycles. The van der Waals surface area contributed by atoms with Crippen LogP contribution in [0.25, 0.3) is 0 Å². The molecule has 0 N–H and O–H groups in total. The van der Waals surface area contributed by atoms with Crippen molar-refractivity contribution in [1.29, 1.82) is 0 Å². The Balaban J connectivity index is 1.42. The van der Waals surface area contributed by atoms with Crippen LogP contribution in [-0.4, -0.2) is 68.6 Å². The molecule has 0 bridgehead atoms. The van der Waals surface area contributed by atoms with Gasteiger partial charge in [0.25, 0.3) is 0 Å². The average Bonchev–Trinajstić information content (AvgIpc) is 3.28. The third-order valence-corrected chi connectivity index (χ3v) is 8.80. The number of halogens is 3. The van der Waals surface area contributed by atoms with Crippen molar-refractivity contribution in [3.8, 4) is 0 Å². The van der Waals surface area contributed by atoms with Crippen LogP contribution < -0.4 is 0 Å². The number of carbonyl (C=O) groups is 1. The molecule has 1 atom stereocenters. The molecule has 0 spiro atoms. The van der Waals surface area contributed by atoms with E-state index in [4.69, 9.17) is 16.3 Å². The second-order valence-electron chi connectivity index (χ2n) is 8.86. The van der Waals surface area contributed by atoms with Crippen LogP contribution in [0.5, 0.6) is 0 Å². The first-order valence-electron chi connectivity index (χ1n) is 12.2. The van der Waals surface area contributed by atoms with Gasteiger partial charge in [-0.3, -0.25) is 0 Å². The molecule has 2 aliphatic heterocycles. The van der Waals surface area contributed by atoms with E-state index in [0.717, 1.165) is 24.4 Å². The molecular weight excluding hydrogens is 536 g/mol. The van der Waals surface area contributed by atoms with Gasteiger partial charge < -0.3 is 14.5 Å². The lowest BCUT2D eigenvalue weighted by Gasteiger charge is -2.35. The van der Waals surface area contributed by atoms with Crippen molar-refractivity contribution in [1.82, 2.24) is 9.80 Å². The van der Waals surface area contributed by atoms with Crippen LogP contribution >= 0.6 is 11.6 Å². The summed E-state index contributed by atoms with van der Waals surface area (Å²) in [5, 5.41) is -1.05. The van der Waals surface area contributed by atoms with Crippen molar-refractivity contribution in [3.63, 3.8) is 0 Å². The Kier molecular flexibility index (Phi) is 9.17. The molecule has 1 aliphatic carbocycles. The lowest BCUT2D eigenvalue weighted by molar-refractivity contribution is 0.0822. The molecule has 0 saturated carbocycles. The van der Waals surface area contributed by atoms with Crippen LogP contribution in [0.1, 0.15) is 19.3 Å². The predicted molar refractivity (Wildman–Crippen MR) is 143 cm³/mol. The lowest BCUT2D eigenvalue weighted by atomic mass is 10.1. The van der Waals surface area contributed by atoms with E-state index in [9.17, 15) is 22.0 Å². The zero-order valence-electron chi connectivity index (χ0n) is 20.6. The van der Waals surface area contributed by atoms with Gasteiger partial charge in [0, 0.05) is 62.3 Å². The zero-order chi connectivity index (χ0) is 27.1. The predicted octanol–water partition coefficient (Wildman–Crippen LogP) is 5.54. The van der Waals surface area contributed by atoms with E-state index in [1.807, 2.05) is 24.4 Å². The molecule has 1 aromatic carbocycles. The number of rotatable bonds is 7. The van der Waals surface area contributed by atoms with E-state index in [1.54, 1.807) is 4.90 Å². The molecule has 11 heteroatoms. The fourth-order valence-corrected chi connectivity index (χ4v) is 6.24. The summed E-state index contributed by atoms with van der Waals surface area (Å²) in [4.78, 5) is 20.7. The molecule has 1 aromatic rings. The van der Waals surface area contributed by atoms with Gasteiger partial charge >= 0.3 is 6.09 Å². The van der Waals surface area contributed by atoms with Gasteiger partial charge in [0.2, 0.25) is 0 Å². The zero-order valence-corrected chi connectivity index (χ0v) is 22.2. The quantitative estimate of drug-likeness (QED) is 0.435. The largest absolute Gasteiger partial charge is 0.449 e. The standard InChI is InChI=1S/C27H28ClF2N3O4S/c28-20-5-9-22(10-6-20)38(35,36)25(23-11-7-21(29)8-12-24(23)30)13-19-37-27(34)33-17-15-32(16-18-33)26-4-2-1-3-14-31-26/h1-2,4-6,8-12,14,25H,3,7,13,15-19H2. The normalized spacial score (nSPS) is 19.0. The molecule has 202 valence electrons. The number of benzene rings is 1. The summed E-state index contributed by atoms with van der Waals surface area (Å²) in [7, 11) is -4.12. The monoisotopic (exact) mass is 563 g/mol. The smallest absolute Gasteiger partial charge is 0.409 e. The van der Waals surface area contributed by atoms with E-state index < -0.39 is 32.8 Å². The molecule has 38 heavy (non-hydrogen) atoms. The Morgan fingerprint density at radius 2 is 1.82 bits per heavy atom. The van der Waals surface area contributed by atoms with Gasteiger partial charge in [-0.25, -0.2) is 27.0 Å². The summed E-state index contributed by atoms with van der Waals surface area (Å²) in [6.07, 6.45) is 10.5. The number of hydrogen-bond donors (Lipinski definition) is 0. The summed E-state index contributed by atoms with van der Waals surface area (Å²) in [6, 6.07) is 5.51. The number of carbonyl (C=O) groups excluding carboxylic acids is 1. The number of ether oxygens (including phenoxy) is 1. The first-order valence-corrected chi connectivity index (χ1v) is 14.2. The minimum absolute atomic E-state index is 0.0638. The van der Waals surface area contributed by atoms with E-state index in [2.05, 4.69) is 9.89 Å². The summed E-state index contributed by atoms with van der Waals surface area (Å²) < 4.78 is 61.1. The van der Waals surface area contributed by atoms with Gasteiger partial charge in [-0.1, -0.05) is 29.8 Å². The number of aliphatic imine (C=N–C) groups is 1. The number of hydrogen-bond acceptors (Lipinski definition) is 6. The van der Waals surface area contributed by atoms with Crippen molar-refractivity contribution in [2.24, 2.45) is 4.99 Å². The highest BCUT2D eigenvalue weighted by atomic mass is 35.5. The highest BCUT2D eigenvalue weighted by molar-refractivity contribution is 7.92. The van der Waals surface area contributed by atoms with Crippen LogP contribution in [-0.2, 0) is 14.6 Å². The Hall–Kier alpha value is -3.24. The third kappa shape index (κ3) is 6.79. The number of amides is 1. The van der Waals surface area contributed by atoms with Crippen LogP contribution in [0.4, 0.5) is 13.6 Å². The number of nitrogens with zero attached hydrogens (tertiary/aromatic N) is 3. The van der Waals surface area contributed by atoms with Crippen LogP contribution in [0.3, 0.4) is 0 Å². The molecule has 4 rings (SSSR count). The maximum absolute atomic E-state index is 14.9. The van der Waals surface area contributed by atoms with Crippen LogP contribution in [0.15, 0.2) is 93.7 Å². The Morgan fingerprint density at radius 1 is 1.08 bits per heavy atom. The summed E-state index contributed by atoms with van der Waals surface area (Å²) in [6.45, 7) is 1.70. The topological polar surface area (TPSA) is 79.3 Å². The molecular formula is C27H28ClF2N3O4S. The van der Waals surface area contributed by atoms with Gasteiger partial charge in [-0.2, -0.15) is 0 Å². The molecule has 1 unspecified atom stereocenters. The number of allylic oxidation sites excluding steroid dienone is 8. The van der Waals surface area contributed by atoms with Gasteiger partial charge in [-0.05, 0) is 42.5 Å². The minimum atomic E-state index is -4.12. The molecule has 7 nitrogen and oxygen atoms in total. The maximum atomic E-state index is 14.9. The first-order chi connectivity index (χ1) is 18.3. The fourth-order valence-electron chi connectivity index (χ4n) is 4.32. The van der Waals surface area contributed by atoms with Crippen LogP contribution in [0.2, 0.25) is 5.02 Å². The van der Waals surface area contributed by atoms with Crippen molar-refractivity contribution >= 4 is 33.7 Å². The van der Waals surface area contributed by atoms with Crippen molar-refractivity contribution < 1.29 is 26.7 Å². The number of piperazine rings is 1. The molecule has 2 heterocycles. The highest BCUT2D eigenvalue weighted by Gasteiger charge is 2.34. The third-order valence-electron chi connectivity index (χ3n) is 6.38. The summed E-state index contributed by atoms with van der Waals surface area (Å²) in [5.41, 5.74) is -0.167. The van der Waals surface area contributed by atoms with Gasteiger partial charge in [0.15, 0.2) is 9.84 Å². The fraction of sp³-hybridized carbons (Fsp3) is 0.333. The average molecular weight is 564 g/mol. The minimum Gasteiger partial charge on any atom is -0.449 e. The van der Waals surface area contributed by atoms with E-state index in [0.29, 0.717) is 31.2 Å². The molecule has 1 saturated heterocycles. The van der Waals surface area contributed by atoms with Gasteiger partial charge in [0.1, 0.15) is 17.5 Å². The van der Waals surface area contributed by atoms with Gasteiger partial charge in [-0.15, -0.1) is 0 Å². The first kappa shape index (κ1) is 27.8. The number of sulfone groups is 1. The Labute approximate surface area is 226 Å². The maximum Gasteiger partial charge on any atom is 0.409 e. The second-order valence-corrected chi connectivity index (χ2v) is 11.4. The Morgan fingerprint density at radius 3 is 2.55 bits per heavy atom. The highest BCUT2D eigenvalue weighted by Crippen LogP contribution is 2.32. The van der Waals surface area contributed by atoms with Crippen LogP contribution in [0, 0.1) is 0 Å². The molecule has 1 amide bonds. The van der Waals surface area contributed by atoms with Crippen molar-refractivity contribution in [2.75, 3.05) is 32.8 Å². The van der Waals surface area contributed by atoms with Crippen molar-refractivity contribution in [3.05, 3.63) is 88.8 Å². The van der Waals surface area contributed by atoms with Crippen molar-refractivity contribution in [2.45, 2.75) is 29.4 Å². The molecule has 1 fully saturated rings. The van der Waals surface area contributed by atoms with E-state index in [1.165, 1.54) is 30.3 Å². The second kappa shape index (κ2) is 12.5. The summed E-state index contributed by atoms with van der Waals surface area (Å²) in [5.74, 6) is -0.614.